The van der Waals surface area contributed by atoms with Crippen molar-refractivity contribution in [3.8, 4) is 0 Å². The third-order valence-electron chi connectivity index (χ3n) is 4.76. The molecule has 0 bridgehead atoms. The van der Waals surface area contributed by atoms with Gasteiger partial charge < -0.3 is 9.80 Å². The van der Waals surface area contributed by atoms with Crippen LogP contribution in [0.2, 0.25) is 0 Å². The van der Waals surface area contributed by atoms with Gasteiger partial charge >= 0.3 is 0 Å². The monoisotopic (exact) mass is 314 g/mol. The van der Waals surface area contributed by atoms with Gasteiger partial charge in [0.1, 0.15) is 6.17 Å². The van der Waals surface area contributed by atoms with Crippen LogP contribution in [0.1, 0.15) is 70.8 Å². The molecule has 0 aliphatic carbocycles. The first kappa shape index (κ1) is 17.9. The second-order valence-corrected chi connectivity index (χ2v) is 6.73. The summed E-state index contributed by atoms with van der Waals surface area (Å²) in [5.74, 6) is 0. The van der Waals surface area contributed by atoms with Gasteiger partial charge in [0.25, 0.3) is 0 Å². The largest absolute Gasteiger partial charge is 0.356 e. The van der Waals surface area contributed by atoms with Gasteiger partial charge in [-0.25, -0.2) is 0 Å². The Hall–Kier alpha value is -1.44. The molecule has 0 saturated carbocycles. The third kappa shape index (κ3) is 5.93. The highest BCUT2D eigenvalue weighted by Gasteiger charge is 2.25. The predicted molar refractivity (Wildman–Crippen MR) is 99.9 cm³/mol. The van der Waals surface area contributed by atoms with Crippen molar-refractivity contribution in [2.75, 3.05) is 6.54 Å². The Kier molecular flexibility index (Phi) is 8.06. The van der Waals surface area contributed by atoms with Crippen LogP contribution >= 0.6 is 0 Å². The molecule has 0 amide bonds. The van der Waals surface area contributed by atoms with Gasteiger partial charge in [-0.2, -0.15) is 0 Å². The van der Waals surface area contributed by atoms with Crippen molar-refractivity contribution in [1.82, 2.24) is 9.80 Å². The van der Waals surface area contributed by atoms with Crippen LogP contribution in [0.15, 0.2) is 42.7 Å². The van der Waals surface area contributed by atoms with E-state index in [0.717, 1.165) is 6.54 Å². The highest BCUT2D eigenvalue weighted by Crippen LogP contribution is 2.24. The van der Waals surface area contributed by atoms with Gasteiger partial charge in [-0.1, -0.05) is 76.3 Å². The van der Waals surface area contributed by atoms with Crippen LogP contribution in [0, 0.1) is 0 Å². The molecule has 1 aromatic rings. The number of unbranched alkanes of at least 4 members (excludes halogenated alkanes) is 5. The Balaban J connectivity index is 1.90. The molecule has 2 nitrogen and oxygen atoms in total. The summed E-state index contributed by atoms with van der Waals surface area (Å²) in [6.07, 6.45) is 15.8. The molecule has 2 rings (SSSR count). The summed E-state index contributed by atoms with van der Waals surface area (Å²) in [5, 5.41) is 0. The standard InChI is InChI=1S/C21H34N2/c1-3-5-7-11-15-21-22(16-12-6-4-2)17-18-23(21)19-20-13-9-8-10-14-20/h8-10,13-14,17-18,21H,3-7,11-12,15-16,19H2,1-2H3. The summed E-state index contributed by atoms with van der Waals surface area (Å²) < 4.78 is 0. The molecule has 0 spiro atoms. The summed E-state index contributed by atoms with van der Waals surface area (Å²) >= 11 is 0. The van der Waals surface area contributed by atoms with Crippen LogP contribution in [-0.4, -0.2) is 22.5 Å². The SMILES string of the molecule is CCCCCCC1N(CCCCC)C=CN1Cc1ccccc1. The number of hydrogen-bond donors (Lipinski definition) is 0. The van der Waals surface area contributed by atoms with Crippen molar-refractivity contribution in [2.24, 2.45) is 0 Å². The number of hydrogen-bond acceptors (Lipinski definition) is 2. The molecule has 1 aliphatic heterocycles. The molecule has 0 N–H and O–H groups in total. The minimum atomic E-state index is 0.559. The molecule has 0 radical (unpaired) electrons. The molecule has 1 aliphatic rings. The van der Waals surface area contributed by atoms with E-state index in [0.29, 0.717) is 6.17 Å². The molecule has 0 saturated heterocycles. The quantitative estimate of drug-likeness (QED) is 0.479. The average Bonchev–Trinajstić information content (AvgIpc) is 2.95. The van der Waals surface area contributed by atoms with Crippen molar-refractivity contribution in [3.05, 3.63) is 48.3 Å². The van der Waals surface area contributed by atoms with Crippen LogP contribution in [0.4, 0.5) is 0 Å². The van der Waals surface area contributed by atoms with Gasteiger partial charge in [0.15, 0.2) is 0 Å². The summed E-state index contributed by atoms with van der Waals surface area (Å²) in [6.45, 7) is 6.80. The third-order valence-corrected chi connectivity index (χ3v) is 4.76. The van der Waals surface area contributed by atoms with Crippen molar-refractivity contribution in [1.29, 1.82) is 0 Å². The van der Waals surface area contributed by atoms with Gasteiger partial charge in [0.05, 0.1) is 0 Å². The summed E-state index contributed by atoms with van der Waals surface area (Å²) in [5.41, 5.74) is 1.41. The molecule has 0 fully saturated rings. The topological polar surface area (TPSA) is 6.48 Å². The summed E-state index contributed by atoms with van der Waals surface area (Å²) in [6, 6.07) is 10.9. The molecular formula is C21H34N2. The lowest BCUT2D eigenvalue weighted by atomic mass is 10.1. The van der Waals surface area contributed by atoms with Crippen molar-refractivity contribution < 1.29 is 0 Å². The van der Waals surface area contributed by atoms with E-state index < -0.39 is 0 Å². The zero-order chi connectivity index (χ0) is 16.3. The van der Waals surface area contributed by atoms with E-state index in [-0.39, 0.29) is 0 Å². The van der Waals surface area contributed by atoms with E-state index in [1.165, 1.54) is 63.5 Å². The lowest BCUT2D eigenvalue weighted by Crippen LogP contribution is -2.38. The Morgan fingerprint density at radius 2 is 1.48 bits per heavy atom. The highest BCUT2D eigenvalue weighted by atomic mass is 15.4. The van der Waals surface area contributed by atoms with Gasteiger partial charge in [-0.05, 0) is 24.8 Å². The van der Waals surface area contributed by atoms with Crippen LogP contribution in [0.25, 0.3) is 0 Å². The summed E-state index contributed by atoms with van der Waals surface area (Å²) in [7, 11) is 0. The minimum Gasteiger partial charge on any atom is -0.356 e. The van der Waals surface area contributed by atoms with Crippen molar-refractivity contribution in [2.45, 2.75) is 77.9 Å². The molecule has 2 heteroatoms. The van der Waals surface area contributed by atoms with Crippen LogP contribution in [0.3, 0.4) is 0 Å². The Bertz CT molecular complexity index is 440. The normalized spacial score (nSPS) is 17.2. The van der Waals surface area contributed by atoms with Gasteiger partial charge in [0.2, 0.25) is 0 Å². The summed E-state index contributed by atoms with van der Waals surface area (Å²) in [4.78, 5) is 5.11. The van der Waals surface area contributed by atoms with Crippen molar-refractivity contribution >= 4 is 0 Å². The van der Waals surface area contributed by atoms with Crippen LogP contribution in [-0.2, 0) is 6.54 Å². The fourth-order valence-electron chi connectivity index (χ4n) is 3.37. The van der Waals surface area contributed by atoms with E-state index in [9.17, 15) is 0 Å². The molecule has 1 unspecified atom stereocenters. The first-order valence-corrected chi connectivity index (χ1v) is 9.59. The maximum absolute atomic E-state index is 2.57. The Morgan fingerprint density at radius 3 is 2.22 bits per heavy atom. The average molecular weight is 315 g/mol. The zero-order valence-corrected chi connectivity index (χ0v) is 15.1. The van der Waals surface area contributed by atoms with Crippen molar-refractivity contribution in [3.63, 3.8) is 0 Å². The van der Waals surface area contributed by atoms with Gasteiger partial charge in [-0.15, -0.1) is 0 Å². The maximum atomic E-state index is 2.57. The second kappa shape index (κ2) is 10.4. The number of benzene rings is 1. The predicted octanol–water partition coefficient (Wildman–Crippen LogP) is 5.76. The fraction of sp³-hybridized carbons (Fsp3) is 0.619. The fourth-order valence-corrected chi connectivity index (χ4v) is 3.37. The number of nitrogens with zero attached hydrogens (tertiary/aromatic N) is 2. The maximum Gasteiger partial charge on any atom is 0.101 e. The van der Waals surface area contributed by atoms with Crippen LogP contribution < -0.4 is 0 Å². The molecule has 1 atom stereocenters. The number of rotatable bonds is 11. The molecule has 0 aromatic heterocycles. The minimum absolute atomic E-state index is 0.559. The lowest BCUT2D eigenvalue weighted by Gasteiger charge is -2.33. The molecule has 23 heavy (non-hydrogen) atoms. The smallest absolute Gasteiger partial charge is 0.101 e. The molecule has 1 aromatic carbocycles. The van der Waals surface area contributed by atoms with E-state index >= 15 is 0 Å². The van der Waals surface area contributed by atoms with E-state index in [1.54, 1.807) is 0 Å². The first-order valence-electron chi connectivity index (χ1n) is 9.59. The van der Waals surface area contributed by atoms with E-state index in [4.69, 9.17) is 0 Å². The highest BCUT2D eigenvalue weighted by molar-refractivity contribution is 5.15. The second-order valence-electron chi connectivity index (χ2n) is 6.73. The molecular weight excluding hydrogens is 280 g/mol. The molecule has 128 valence electrons. The van der Waals surface area contributed by atoms with E-state index in [1.807, 2.05) is 0 Å². The van der Waals surface area contributed by atoms with Crippen LogP contribution in [0.5, 0.6) is 0 Å². The zero-order valence-electron chi connectivity index (χ0n) is 15.1. The first-order chi connectivity index (χ1) is 11.3. The molecule has 1 heterocycles. The van der Waals surface area contributed by atoms with Gasteiger partial charge in [0, 0.05) is 25.5 Å². The Morgan fingerprint density at radius 1 is 0.783 bits per heavy atom. The lowest BCUT2D eigenvalue weighted by molar-refractivity contribution is 0.132. The Labute approximate surface area is 143 Å². The van der Waals surface area contributed by atoms with E-state index in [2.05, 4.69) is 66.4 Å². The van der Waals surface area contributed by atoms with Gasteiger partial charge in [-0.3, -0.25) is 0 Å².